The maximum atomic E-state index is 12.7. The number of nitrogens with one attached hydrogen (secondary N) is 1. The lowest BCUT2D eigenvalue weighted by Crippen LogP contribution is -2.46. The molecule has 2 rings (SSSR count). The number of halogens is 1. The monoisotopic (exact) mass is 420 g/mol. The Kier molecular flexibility index (Phi) is 9.44. The molecule has 0 bridgehead atoms. The van der Waals surface area contributed by atoms with E-state index in [0.29, 0.717) is 22.3 Å². The van der Waals surface area contributed by atoms with Crippen molar-refractivity contribution in [2.75, 3.05) is 25.9 Å². The number of piperidine rings is 1. The highest BCUT2D eigenvalue weighted by Gasteiger charge is 2.27. The fourth-order valence-electron chi connectivity index (χ4n) is 3.07. The molecule has 26 heavy (non-hydrogen) atoms. The number of sulfone groups is 1. The first kappa shape index (κ1) is 23.3. The van der Waals surface area contributed by atoms with Crippen molar-refractivity contribution in [1.29, 1.82) is 0 Å². The summed E-state index contributed by atoms with van der Waals surface area (Å²) in [4.78, 5) is 15.6. The topological polar surface area (TPSA) is 66.5 Å². The Bertz CT molecular complexity index is 689. The average molecular weight is 421 g/mol. The van der Waals surface area contributed by atoms with Gasteiger partial charge in [-0.2, -0.15) is 0 Å². The Balaban J connectivity index is 0.00000338. The molecule has 1 saturated heterocycles. The van der Waals surface area contributed by atoms with Gasteiger partial charge >= 0.3 is 0 Å². The predicted molar refractivity (Wildman–Crippen MR) is 110 cm³/mol. The summed E-state index contributed by atoms with van der Waals surface area (Å²) in [6, 6.07) is 7.48. The van der Waals surface area contributed by atoms with Crippen molar-refractivity contribution in [2.24, 2.45) is 0 Å². The van der Waals surface area contributed by atoms with E-state index in [1.807, 2.05) is 31.9 Å². The van der Waals surface area contributed by atoms with E-state index in [1.165, 1.54) is 11.8 Å². The summed E-state index contributed by atoms with van der Waals surface area (Å²) in [5.41, 5.74) is 0. The van der Waals surface area contributed by atoms with E-state index in [4.69, 9.17) is 0 Å². The van der Waals surface area contributed by atoms with Gasteiger partial charge in [-0.25, -0.2) is 8.42 Å². The lowest BCUT2D eigenvalue weighted by molar-refractivity contribution is -0.131. The van der Waals surface area contributed by atoms with Gasteiger partial charge in [-0.15, -0.1) is 24.2 Å². The Morgan fingerprint density at radius 3 is 2.50 bits per heavy atom. The Labute approximate surface area is 167 Å². The van der Waals surface area contributed by atoms with Crippen LogP contribution in [-0.2, 0) is 14.6 Å². The fourth-order valence-corrected chi connectivity index (χ4v) is 5.98. The number of rotatable bonds is 7. The highest BCUT2D eigenvalue weighted by molar-refractivity contribution is 8.01. The minimum Gasteiger partial charge on any atom is -0.342 e. The largest absolute Gasteiger partial charge is 0.342 e. The lowest BCUT2D eigenvalue weighted by Gasteiger charge is -2.33. The summed E-state index contributed by atoms with van der Waals surface area (Å²) in [5.74, 6) is 0.215. The first-order chi connectivity index (χ1) is 11.9. The predicted octanol–water partition coefficient (Wildman–Crippen LogP) is 2.98. The third-order valence-corrected chi connectivity index (χ3v) is 7.79. The molecular weight excluding hydrogens is 392 g/mol. The zero-order chi connectivity index (χ0) is 18.4. The molecule has 1 aliphatic heterocycles. The number of likely N-dealkylation sites (tertiary alicyclic amines) is 1. The van der Waals surface area contributed by atoms with Gasteiger partial charge in [-0.3, -0.25) is 4.79 Å². The third kappa shape index (κ3) is 5.87. The molecule has 0 aromatic heterocycles. The molecule has 0 radical (unpaired) electrons. The second-order valence-corrected chi connectivity index (χ2v) is 9.87. The Morgan fingerprint density at radius 2 is 1.92 bits per heavy atom. The van der Waals surface area contributed by atoms with Crippen molar-refractivity contribution in [3.05, 3.63) is 24.3 Å². The molecule has 1 aliphatic rings. The number of thioether (sulfide) groups is 1. The molecule has 1 atom stereocenters. The number of hydrogen-bond acceptors (Lipinski definition) is 5. The van der Waals surface area contributed by atoms with Crippen molar-refractivity contribution in [1.82, 2.24) is 10.2 Å². The number of benzene rings is 1. The molecule has 1 heterocycles. The number of nitrogens with zero attached hydrogens (tertiary/aromatic N) is 1. The van der Waals surface area contributed by atoms with Crippen LogP contribution in [0, 0.1) is 0 Å². The van der Waals surface area contributed by atoms with Gasteiger partial charge in [0.15, 0.2) is 9.84 Å². The third-order valence-electron chi connectivity index (χ3n) is 4.52. The molecule has 1 amide bonds. The fraction of sp³-hybridized carbons (Fsp3) is 0.611. The quantitative estimate of drug-likeness (QED) is 0.687. The number of carbonyl (C=O) groups is 1. The maximum absolute atomic E-state index is 12.7. The zero-order valence-corrected chi connectivity index (χ0v) is 18.1. The van der Waals surface area contributed by atoms with Gasteiger partial charge in [0.2, 0.25) is 5.91 Å². The first-order valence-corrected chi connectivity index (χ1v) is 11.4. The standard InChI is InChI=1S/C18H28N2O3S2.ClH/c1-4-13-25(22,23)17-8-6-5-7-16(17)24-14(2)18(21)20-11-9-15(19-3)10-12-20;/h5-8,14-15,19H,4,9-13H2,1-3H3;1H. The highest BCUT2D eigenvalue weighted by atomic mass is 35.5. The van der Waals surface area contributed by atoms with Crippen LogP contribution in [0.5, 0.6) is 0 Å². The van der Waals surface area contributed by atoms with E-state index < -0.39 is 9.84 Å². The lowest BCUT2D eigenvalue weighted by atomic mass is 10.1. The Hall–Kier alpha value is -0.760. The maximum Gasteiger partial charge on any atom is 0.235 e. The summed E-state index contributed by atoms with van der Waals surface area (Å²) in [5, 5.41) is 2.96. The van der Waals surface area contributed by atoms with E-state index in [9.17, 15) is 13.2 Å². The molecule has 1 unspecified atom stereocenters. The molecular formula is C18H29ClN2O3S2. The van der Waals surface area contributed by atoms with Gasteiger partial charge in [0.05, 0.1) is 15.9 Å². The molecule has 0 saturated carbocycles. The van der Waals surface area contributed by atoms with E-state index in [-0.39, 0.29) is 29.3 Å². The van der Waals surface area contributed by atoms with E-state index in [0.717, 1.165) is 25.9 Å². The molecule has 1 aromatic carbocycles. The van der Waals surface area contributed by atoms with Gasteiger partial charge in [0, 0.05) is 24.0 Å². The van der Waals surface area contributed by atoms with Crippen molar-refractivity contribution in [3.63, 3.8) is 0 Å². The van der Waals surface area contributed by atoms with Crippen LogP contribution in [0.25, 0.3) is 0 Å². The molecule has 0 aliphatic carbocycles. The van der Waals surface area contributed by atoms with Crippen molar-refractivity contribution >= 4 is 39.9 Å². The van der Waals surface area contributed by atoms with Crippen LogP contribution in [0.3, 0.4) is 0 Å². The summed E-state index contributed by atoms with van der Waals surface area (Å²) in [7, 11) is -1.35. The average Bonchev–Trinajstić information content (AvgIpc) is 2.61. The van der Waals surface area contributed by atoms with Gasteiger partial charge in [-0.05, 0) is 45.4 Å². The van der Waals surface area contributed by atoms with Crippen molar-refractivity contribution in [3.8, 4) is 0 Å². The van der Waals surface area contributed by atoms with E-state index in [2.05, 4.69) is 5.32 Å². The SMILES string of the molecule is CCCS(=O)(=O)c1ccccc1SC(C)C(=O)N1CCC(NC)CC1.Cl. The van der Waals surface area contributed by atoms with Gasteiger partial charge in [0.25, 0.3) is 0 Å². The van der Waals surface area contributed by atoms with E-state index in [1.54, 1.807) is 18.2 Å². The normalized spacial score (nSPS) is 16.8. The highest BCUT2D eigenvalue weighted by Crippen LogP contribution is 2.31. The minimum atomic E-state index is -3.30. The minimum absolute atomic E-state index is 0. The van der Waals surface area contributed by atoms with Gasteiger partial charge in [0.1, 0.15) is 0 Å². The van der Waals surface area contributed by atoms with Crippen LogP contribution in [0.2, 0.25) is 0 Å². The number of carbonyl (C=O) groups excluding carboxylic acids is 1. The smallest absolute Gasteiger partial charge is 0.235 e. The first-order valence-electron chi connectivity index (χ1n) is 8.83. The van der Waals surface area contributed by atoms with Crippen LogP contribution in [0.1, 0.15) is 33.1 Å². The van der Waals surface area contributed by atoms with Crippen LogP contribution in [0.15, 0.2) is 34.1 Å². The second kappa shape index (κ2) is 10.5. The Morgan fingerprint density at radius 1 is 1.31 bits per heavy atom. The molecule has 1 N–H and O–H groups in total. The second-order valence-electron chi connectivity index (χ2n) is 6.41. The van der Waals surface area contributed by atoms with E-state index >= 15 is 0 Å². The molecule has 8 heteroatoms. The molecule has 1 fully saturated rings. The van der Waals surface area contributed by atoms with Gasteiger partial charge in [-0.1, -0.05) is 19.1 Å². The molecule has 1 aromatic rings. The zero-order valence-electron chi connectivity index (χ0n) is 15.6. The number of amides is 1. The summed E-state index contributed by atoms with van der Waals surface area (Å²) in [6.07, 6.45) is 2.50. The summed E-state index contributed by atoms with van der Waals surface area (Å²) >= 11 is 1.35. The van der Waals surface area contributed by atoms with Crippen LogP contribution < -0.4 is 5.32 Å². The van der Waals surface area contributed by atoms with Crippen molar-refractivity contribution in [2.45, 2.75) is 54.2 Å². The number of hydrogen-bond donors (Lipinski definition) is 1. The molecule has 0 spiro atoms. The van der Waals surface area contributed by atoms with Gasteiger partial charge < -0.3 is 10.2 Å². The summed E-state index contributed by atoms with van der Waals surface area (Å²) in [6.45, 7) is 5.23. The van der Waals surface area contributed by atoms with Crippen LogP contribution >= 0.6 is 24.2 Å². The molecule has 5 nitrogen and oxygen atoms in total. The molecule has 148 valence electrons. The van der Waals surface area contributed by atoms with Crippen LogP contribution in [0.4, 0.5) is 0 Å². The van der Waals surface area contributed by atoms with Crippen LogP contribution in [-0.4, -0.2) is 56.4 Å². The van der Waals surface area contributed by atoms with Crippen molar-refractivity contribution < 1.29 is 13.2 Å². The summed E-state index contributed by atoms with van der Waals surface area (Å²) < 4.78 is 24.9.